The molecule has 0 spiro atoms. The van der Waals surface area contributed by atoms with Gasteiger partial charge in [0.15, 0.2) is 0 Å². The number of nitrogens with one attached hydrogen (secondary N) is 2. The Balaban J connectivity index is 2.33. The van der Waals surface area contributed by atoms with Gasteiger partial charge in [-0.1, -0.05) is 36.0 Å². The molecule has 162 valence electrons. The number of hydrogen-bond acceptors (Lipinski definition) is 5. The Hall–Kier alpha value is -2.46. The van der Waals surface area contributed by atoms with Crippen LogP contribution in [0.15, 0.2) is 41.3 Å². The summed E-state index contributed by atoms with van der Waals surface area (Å²) in [7, 11) is -1.61. The lowest BCUT2D eigenvalue weighted by Gasteiger charge is -2.16. The van der Waals surface area contributed by atoms with Gasteiger partial charge in [-0.05, 0) is 42.8 Å². The molecule has 0 aliphatic rings. The van der Waals surface area contributed by atoms with Crippen molar-refractivity contribution < 1.29 is 22.8 Å². The number of rotatable bonds is 7. The maximum Gasteiger partial charge on any atom is 0.266 e. The second-order valence-electron chi connectivity index (χ2n) is 6.87. The van der Waals surface area contributed by atoms with Gasteiger partial charge in [-0.3, -0.25) is 14.4 Å². The van der Waals surface area contributed by atoms with E-state index in [0.717, 1.165) is 5.56 Å². The number of nitrogens with zero attached hydrogens (tertiary/aromatic N) is 1. The largest absolute Gasteiger partial charge is 0.326 e. The minimum atomic E-state index is -4.03. The number of carbonyl (C=O) groups excluding carboxylic acids is 2. The van der Waals surface area contributed by atoms with Gasteiger partial charge in [-0.15, -0.1) is 0 Å². The molecule has 2 aromatic carbocycles. The molecular weight excluding hydrogens is 430 g/mol. The van der Waals surface area contributed by atoms with Crippen LogP contribution in [0.5, 0.6) is 0 Å². The number of carbonyl (C=O) groups is 2. The fraction of sp³-hybridized carbons (Fsp3) is 0.300. The molecule has 0 aliphatic heterocycles. The molecule has 0 aliphatic carbocycles. The van der Waals surface area contributed by atoms with Gasteiger partial charge in [-0.2, -0.15) is 0 Å². The number of hydrogen-bond donors (Lipinski definition) is 2. The summed E-state index contributed by atoms with van der Waals surface area (Å²) < 4.78 is 25.7. The summed E-state index contributed by atoms with van der Waals surface area (Å²) in [4.78, 5) is 29.2. The number of amides is 2. The van der Waals surface area contributed by atoms with Crippen LogP contribution in [0.4, 0.5) is 11.4 Å². The van der Waals surface area contributed by atoms with E-state index >= 15 is 0 Å². The quantitative estimate of drug-likeness (QED) is 0.622. The number of benzene rings is 2. The predicted octanol–water partition coefficient (Wildman–Crippen LogP) is 3.68. The van der Waals surface area contributed by atoms with Crippen molar-refractivity contribution in [1.29, 1.82) is 0 Å². The van der Waals surface area contributed by atoms with E-state index in [-0.39, 0.29) is 27.3 Å². The van der Waals surface area contributed by atoms with Crippen molar-refractivity contribution in [2.45, 2.75) is 25.7 Å². The molecule has 10 heteroatoms. The molecule has 0 aromatic heterocycles. The van der Waals surface area contributed by atoms with Gasteiger partial charge in [0.05, 0.1) is 12.1 Å². The van der Waals surface area contributed by atoms with Crippen LogP contribution in [0.1, 0.15) is 29.8 Å². The molecule has 8 nitrogen and oxygen atoms in total. The zero-order valence-corrected chi connectivity index (χ0v) is 18.9. The van der Waals surface area contributed by atoms with E-state index in [2.05, 4.69) is 10.6 Å². The lowest BCUT2D eigenvalue weighted by atomic mass is 10.1. The smallest absolute Gasteiger partial charge is 0.266 e. The van der Waals surface area contributed by atoms with Crippen LogP contribution in [0.3, 0.4) is 0 Å². The van der Waals surface area contributed by atoms with E-state index in [9.17, 15) is 18.0 Å². The third-order valence-electron chi connectivity index (χ3n) is 4.34. The van der Waals surface area contributed by atoms with Gasteiger partial charge in [0, 0.05) is 29.9 Å². The van der Waals surface area contributed by atoms with Crippen LogP contribution in [0, 0.1) is 12.8 Å². The van der Waals surface area contributed by atoms with Gasteiger partial charge in [0.2, 0.25) is 5.91 Å². The van der Waals surface area contributed by atoms with Crippen LogP contribution in [-0.4, -0.2) is 38.9 Å². The molecule has 0 unspecified atom stereocenters. The number of aryl methyl sites for hydroxylation is 1. The van der Waals surface area contributed by atoms with Gasteiger partial charge < -0.3 is 10.6 Å². The second-order valence-corrected chi connectivity index (χ2v) is 9.18. The summed E-state index contributed by atoms with van der Waals surface area (Å²) in [6.45, 7) is 5.35. The average Bonchev–Trinajstić information content (AvgIpc) is 2.69. The molecule has 2 rings (SSSR count). The third kappa shape index (κ3) is 5.37. The summed E-state index contributed by atoms with van der Waals surface area (Å²) >= 11 is 6.03. The first kappa shape index (κ1) is 23.8. The fourth-order valence-corrected chi connectivity index (χ4v) is 3.87. The van der Waals surface area contributed by atoms with Crippen LogP contribution >= 0.6 is 11.6 Å². The number of hydroxylamine groups is 1. The first-order chi connectivity index (χ1) is 14.0. The minimum absolute atomic E-state index is 0.0370. The van der Waals surface area contributed by atoms with Crippen molar-refractivity contribution >= 4 is 44.8 Å². The first-order valence-corrected chi connectivity index (χ1v) is 10.8. The molecule has 2 aromatic rings. The highest BCUT2D eigenvalue weighted by molar-refractivity contribution is 7.89. The van der Waals surface area contributed by atoms with E-state index in [1.165, 1.54) is 32.4 Å². The van der Waals surface area contributed by atoms with Gasteiger partial charge >= 0.3 is 0 Å². The Morgan fingerprint density at radius 2 is 1.77 bits per heavy atom. The minimum Gasteiger partial charge on any atom is -0.326 e. The van der Waals surface area contributed by atoms with Gasteiger partial charge in [-0.25, -0.2) is 8.42 Å². The monoisotopic (exact) mass is 453 g/mol. The van der Waals surface area contributed by atoms with Crippen molar-refractivity contribution in [3.05, 3.63) is 52.5 Å². The van der Waals surface area contributed by atoms with Crippen LogP contribution < -0.4 is 10.6 Å². The molecule has 0 heterocycles. The molecule has 0 atom stereocenters. The molecule has 0 fully saturated rings. The zero-order valence-electron chi connectivity index (χ0n) is 17.3. The highest BCUT2D eigenvalue weighted by Crippen LogP contribution is 2.27. The summed E-state index contributed by atoms with van der Waals surface area (Å²) in [5.74, 6) is -0.867. The number of anilines is 2. The second kappa shape index (κ2) is 9.57. The highest BCUT2D eigenvalue weighted by atomic mass is 35.5. The molecule has 2 N–H and O–H groups in total. The molecule has 0 saturated heterocycles. The predicted molar refractivity (Wildman–Crippen MR) is 116 cm³/mol. The normalized spacial score (nSPS) is 11.6. The Morgan fingerprint density at radius 3 is 2.37 bits per heavy atom. The number of halogens is 1. The van der Waals surface area contributed by atoms with Crippen LogP contribution in [0.2, 0.25) is 5.02 Å². The van der Waals surface area contributed by atoms with Crippen molar-refractivity contribution in [2.24, 2.45) is 5.92 Å². The topological polar surface area (TPSA) is 105 Å². The molecule has 30 heavy (non-hydrogen) atoms. The maximum absolute atomic E-state index is 12.8. The van der Waals surface area contributed by atoms with Crippen molar-refractivity contribution in [1.82, 2.24) is 4.47 Å². The Bertz CT molecular complexity index is 1070. The Kier molecular flexibility index (Phi) is 7.59. The zero-order chi connectivity index (χ0) is 22.6. The SMILES string of the molecule is CON(C)S(=O)(=O)c1cc(C(=O)Nc2cc(NC(=O)C(C)C)ccc2C)ccc1Cl. The Labute approximate surface area is 181 Å². The van der Waals surface area contributed by atoms with E-state index < -0.39 is 15.9 Å². The molecule has 0 saturated carbocycles. The molecule has 0 bridgehead atoms. The standard InChI is InChI=1S/C20H24ClN3O5S/c1-12(2)19(25)22-15-8-6-13(3)17(11-15)23-20(26)14-7-9-16(21)18(10-14)30(27,28)24(4)29-5/h6-12H,1-5H3,(H,22,25)(H,23,26). The Morgan fingerprint density at radius 1 is 1.10 bits per heavy atom. The lowest BCUT2D eigenvalue weighted by molar-refractivity contribution is -0.118. The van der Waals surface area contributed by atoms with Crippen LogP contribution in [-0.2, 0) is 19.7 Å². The highest BCUT2D eigenvalue weighted by Gasteiger charge is 2.25. The number of sulfonamides is 1. The fourth-order valence-electron chi connectivity index (χ4n) is 2.39. The van der Waals surface area contributed by atoms with E-state index in [1.807, 2.05) is 0 Å². The lowest BCUT2D eigenvalue weighted by Crippen LogP contribution is -2.26. The molecule has 2 amide bonds. The average molecular weight is 454 g/mol. The van der Waals surface area contributed by atoms with Gasteiger partial charge in [0.25, 0.3) is 15.9 Å². The molecular formula is C20H24ClN3O5S. The van der Waals surface area contributed by atoms with Crippen LogP contribution in [0.25, 0.3) is 0 Å². The van der Waals surface area contributed by atoms with E-state index in [4.69, 9.17) is 16.4 Å². The summed E-state index contributed by atoms with van der Waals surface area (Å²) in [5.41, 5.74) is 1.89. The first-order valence-electron chi connectivity index (χ1n) is 9.02. The third-order valence-corrected chi connectivity index (χ3v) is 6.51. The summed E-state index contributed by atoms with van der Waals surface area (Å²) in [6.07, 6.45) is 0. The maximum atomic E-state index is 12.8. The van der Waals surface area contributed by atoms with Crippen molar-refractivity contribution in [3.8, 4) is 0 Å². The van der Waals surface area contributed by atoms with Crippen molar-refractivity contribution in [2.75, 3.05) is 24.8 Å². The van der Waals surface area contributed by atoms with Gasteiger partial charge in [0.1, 0.15) is 4.90 Å². The van der Waals surface area contributed by atoms with Crippen molar-refractivity contribution in [3.63, 3.8) is 0 Å². The summed E-state index contributed by atoms with van der Waals surface area (Å²) in [6, 6.07) is 9.07. The molecule has 0 radical (unpaired) electrons. The van der Waals surface area contributed by atoms with E-state index in [1.54, 1.807) is 39.0 Å². The summed E-state index contributed by atoms with van der Waals surface area (Å²) in [5, 5.41) is 5.47. The van der Waals surface area contributed by atoms with E-state index in [0.29, 0.717) is 15.8 Å².